The van der Waals surface area contributed by atoms with E-state index in [4.69, 9.17) is 23.2 Å². The molecule has 0 aliphatic carbocycles. The molecule has 24 heavy (non-hydrogen) atoms. The Morgan fingerprint density at radius 1 is 0.750 bits per heavy atom. The van der Waals surface area contributed by atoms with Crippen molar-refractivity contribution in [2.75, 3.05) is 5.75 Å². The van der Waals surface area contributed by atoms with Gasteiger partial charge in [0.1, 0.15) is 0 Å². The van der Waals surface area contributed by atoms with E-state index in [0.29, 0.717) is 15.8 Å². The maximum Gasteiger partial charge on any atom is 0.212 e. The molecule has 120 valence electrons. The van der Waals surface area contributed by atoms with Gasteiger partial charge in [-0.1, -0.05) is 65.7 Å². The first-order valence-electron chi connectivity index (χ1n) is 7.44. The lowest BCUT2D eigenvalue weighted by Crippen LogP contribution is -2.17. The highest BCUT2D eigenvalue weighted by molar-refractivity contribution is 7.97. The van der Waals surface area contributed by atoms with Gasteiger partial charge in [0.2, 0.25) is 5.78 Å². The molecular weight excluding hydrogens is 359 g/mol. The summed E-state index contributed by atoms with van der Waals surface area (Å²) in [5.41, 5.74) is 0.721. The molecule has 0 heterocycles. The van der Waals surface area contributed by atoms with Gasteiger partial charge in [-0.3, -0.25) is 4.79 Å². The molecule has 0 radical (unpaired) electrons. The zero-order valence-electron chi connectivity index (χ0n) is 12.8. The molecule has 1 nitrogen and oxygen atoms in total. The Morgan fingerprint density at radius 2 is 1.29 bits per heavy atom. The topological polar surface area (TPSA) is 17.1 Å². The number of hydrogen-bond acceptors (Lipinski definition) is 1. The summed E-state index contributed by atoms with van der Waals surface area (Å²) < 4.78 is 0. The fourth-order valence-electron chi connectivity index (χ4n) is 2.38. The first-order chi connectivity index (χ1) is 11.6. The molecule has 0 bridgehead atoms. The summed E-state index contributed by atoms with van der Waals surface area (Å²) in [4.78, 5) is 14.8. The van der Waals surface area contributed by atoms with Crippen LogP contribution in [0.4, 0.5) is 0 Å². The zero-order chi connectivity index (χ0) is 16.9. The van der Waals surface area contributed by atoms with Crippen molar-refractivity contribution in [1.82, 2.24) is 0 Å². The molecule has 0 N–H and O–H groups in total. The second-order valence-electron chi connectivity index (χ2n) is 5.24. The average Bonchev–Trinajstić information content (AvgIpc) is 2.60. The number of rotatable bonds is 5. The first-order valence-corrected chi connectivity index (χ1v) is 9.59. The van der Waals surface area contributed by atoms with Crippen molar-refractivity contribution in [3.05, 3.63) is 94.5 Å². The number of carbonyl (C=O) groups is 1. The Labute approximate surface area is 154 Å². The summed E-state index contributed by atoms with van der Waals surface area (Å²) in [7, 11) is -0.421. The third-order valence-electron chi connectivity index (χ3n) is 3.53. The van der Waals surface area contributed by atoms with E-state index in [1.54, 1.807) is 0 Å². The molecule has 4 heteroatoms. The van der Waals surface area contributed by atoms with Crippen molar-refractivity contribution in [1.29, 1.82) is 0 Å². The maximum atomic E-state index is 12.7. The van der Waals surface area contributed by atoms with Crippen molar-refractivity contribution < 1.29 is 4.79 Å². The fraction of sp³-hybridized carbons (Fsp3) is 0.0500. The van der Waals surface area contributed by atoms with Crippen LogP contribution in [0.15, 0.2) is 88.7 Å². The van der Waals surface area contributed by atoms with Gasteiger partial charge in [0.25, 0.3) is 0 Å². The molecule has 3 rings (SSSR count). The third-order valence-corrected chi connectivity index (χ3v) is 6.20. The lowest BCUT2D eigenvalue weighted by Gasteiger charge is -2.08. The minimum Gasteiger partial charge on any atom is -0.289 e. The number of Topliss-reactive ketones (excluding diaryl/α,β-unsaturated/α-hetero) is 1. The molecule has 0 unspecified atom stereocenters. The SMILES string of the molecule is O=C(C[S+](c1cccc(Cl)c1)c1cccc(Cl)c1)c1ccccc1. The van der Waals surface area contributed by atoms with E-state index in [1.165, 1.54) is 0 Å². The van der Waals surface area contributed by atoms with Crippen molar-refractivity contribution in [3.63, 3.8) is 0 Å². The van der Waals surface area contributed by atoms with Gasteiger partial charge in [-0.15, -0.1) is 0 Å². The second-order valence-corrected chi connectivity index (χ2v) is 8.12. The third kappa shape index (κ3) is 4.21. The molecule has 0 fully saturated rings. The van der Waals surface area contributed by atoms with Crippen LogP contribution in [0, 0.1) is 0 Å². The quantitative estimate of drug-likeness (QED) is 0.401. The van der Waals surface area contributed by atoms with Crippen molar-refractivity contribution in [2.45, 2.75) is 9.79 Å². The van der Waals surface area contributed by atoms with Crippen molar-refractivity contribution in [2.24, 2.45) is 0 Å². The van der Waals surface area contributed by atoms with E-state index >= 15 is 0 Å². The van der Waals surface area contributed by atoms with Gasteiger partial charge in [-0.2, -0.15) is 0 Å². The minimum absolute atomic E-state index is 0.110. The van der Waals surface area contributed by atoms with Crippen molar-refractivity contribution in [3.8, 4) is 0 Å². The molecular formula is C20H15Cl2OS+. The van der Waals surface area contributed by atoms with E-state index in [-0.39, 0.29) is 5.78 Å². The summed E-state index contributed by atoms with van der Waals surface area (Å²) in [6.45, 7) is 0. The number of benzene rings is 3. The van der Waals surface area contributed by atoms with E-state index in [9.17, 15) is 4.79 Å². The van der Waals surface area contributed by atoms with Crippen molar-refractivity contribution >= 4 is 39.9 Å². The normalized spacial score (nSPS) is 10.8. The number of hydrogen-bond donors (Lipinski definition) is 0. The minimum atomic E-state index is -0.421. The number of carbonyl (C=O) groups excluding carboxylic acids is 1. The molecule has 0 saturated heterocycles. The Hall–Kier alpha value is -1.74. The molecule has 0 aliphatic heterocycles. The van der Waals surface area contributed by atoms with Crippen LogP contribution in [0.3, 0.4) is 0 Å². The molecule has 0 atom stereocenters. The summed E-state index contributed by atoms with van der Waals surface area (Å²) in [6, 6.07) is 24.7. The molecule has 3 aromatic carbocycles. The highest BCUT2D eigenvalue weighted by atomic mass is 35.5. The lowest BCUT2D eigenvalue weighted by molar-refractivity contribution is 0.102. The van der Waals surface area contributed by atoms with Crippen LogP contribution in [0.5, 0.6) is 0 Å². The van der Waals surface area contributed by atoms with Crippen LogP contribution in [0.2, 0.25) is 10.0 Å². The Balaban J connectivity index is 1.98. The van der Waals surface area contributed by atoms with Crippen LogP contribution in [-0.2, 0) is 10.9 Å². The summed E-state index contributed by atoms with van der Waals surface area (Å²) in [5.74, 6) is 0.504. The monoisotopic (exact) mass is 373 g/mol. The average molecular weight is 374 g/mol. The summed E-state index contributed by atoms with van der Waals surface area (Å²) in [6.07, 6.45) is 0. The van der Waals surface area contributed by atoms with Gasteiger partial charge in [0, 0.05) is 27.7 Å². The van der Waals surface area contributed by atoms with Gasteiger partial charge < -0.3 is 0 Å². The van der Waals surface area contributed by atoms with Crippen LogP contribution in [0.25, 0.3) is 0 Å². The maximum absolute atomic E-state index is 12.7. The van der Waals surface area contributed by atoms with Gasteiger partial charge in [-0.25, -0.2) is 0 Å². The van der Waals surface area contributed by atoms with E-state index < -0.39 is 10.9 Å². The smallest absolute Gasteiger partial charge is 0.212 e. The van der Waals surface area contributed by atoms with Gasteiger partial charge in [-0.05, 0) is 24.3 Å². The first kappa shape index (κ1) is 17.1. The second kappa shape index (κ2) is 7.89. The van der Waals surface area contributed by atoms with Gasteiger partial charge >= 0.3 is 0 Å². The van der Waals surface area contributed by atoms with Gasteiger partial charge in [0.15, 0.2) is 15.5 Å². The highest BCUT2D eigenvalue weighted by Gasteiger charge is 2.29. The van der Waals surface area contributed by atoms with E-state index in [2.05, 4.69) is 0 Å². The Morgan fingerprint density at radius 3 is 1.79 bits per heavy atom. The van der Waals surface area contributed by atoms with Crippen LogP contribution < -0.4 is 0 Å². The Bertz CT molecular complexity index is 804. The molecule has 0 aromatic heterocycles. The molecule has 0 aliphatic rings. The number of ketones is 1. The zero-order valence-corrected chi connectivity index (χ0v) is 15.1. The van der Waals surface area contributed by atoms with Crippen LogP contribution in [-0.4, -0.2) is 11.5 Å². The summed E-state index contributed by atoms with van der Waals surface area (Å²) >= 11 is 12.3. The molecule has 0 saturated carbocycles. The molecule has 0 amide bonds. The van der Waals surface area contributed by atoms with Crippen LogP contribution in [0.1, 0.15) is 10.4 Å². The van der Waals surface area contributed by atoms with Gasteiger partial charge in [0.05, 0.1) is 10.9 Å². The van der Waals surface area contributed by atoms with E-state index in [1.807, 2.05) is 78.9 Å². The Kier molecular flexibility index (Phi) is 5.62. The highest BCUT2D eigenvalue weighted by Crippen LogP contribution is 2.28. The largest absolute Gasteiger partial charge is 0.289 e. The predicted molar refractivity (Wildman–Crippen MR) is 102 cm³/mol. The molecule has 0 spiro atoms. The van der Waals surface area contributed by atoms with Crippen LogP contribution >= 0.6 is 23.2 Å². The predicted octanol–water partition coefficient (Wildman–Crippen LogP) is 5.91. The lowest BCUT2D eigenvalue weighted by atomic mass is 10.2. The standard InChI is InChI=1S/C20H15Cl2OS/c21-16-8-4-10-18(12-16)24(19-11-5-9-17(22)13-19)14-20(23)15-6-2-1-3-7-15/h1-13H,14H2/q+1. The summed E-state index contributed by atoms with van der Waals surface area (Å²) in [5, 5.41) is 1.33. The fourth-order valence-corrected chi connectivity index (χ4v) is 4.95. The van der Waals surface area contributed by atoms with E-state index in [0.717, 1.165) is 15.4 Å². The molecule has 3 aromatic rings. The number of halogens is 2.